The first-order valence-electron chi connectivity index (χ1n) is 6.79. The summed E-state index contributed by atoms with van der Waals surface area (Å²) in [5.74, 6) is -0.422. The van der Waals surface area contributed by atoms with Gasteiger partial charge in [0.15, 0.2) is 0 Å². The molecule has 0 aliphatic heterocycles. The maximum atomic E-state index is 13.8. The van der Waals surface area contributed by atoms with Crippen LogP contribution in [0, 0.1) is 5.82 Å². The average Bonchev–Trinajstić information content (AvgIpc) is 2.85. The van der Waals surface area contributed by atoms with Gasteiger partial charge in [-0.15, -0.1) is 0 Å². The molecule has 4 heteroatoms. The molecule has 0 spiro atoms. The molecule has 1 amide bonds. The van der Waals surface area contributed by atoms with Gasteiger partial charge in [-0.3, -0.25) is 4.79 Å². The zero-order valence-electron chi connectivity index (χ0n) is 10.9. The molecule has 104 valence electrons. The van der Waals surface area contributed by atoms with E-state index in [0.717, 1.165) is 19.3 Å². The standard InChI is InChI=1S/C16H15BrFNO/c17-13-6-3-7-15(13)19-16(20)12-8-9-14(18)11-5-2-1-4-10(11)12/h1-2,4-5,8-9,13,15H,3,6-7H2,(H,19,20). The smallest absolute Gasteiger partial charge is 0.252 e. The minimum absolute atomic E-state index is 0.127. The van der Waals surface area contributed by atoms with Crippen molar-refractivity contribution in [2.45, 2.75) is 30.1 Å². The lowest BCUT2D eigenvalue weighted by Crippen LogP contribution is -2.37. The van der Waals surface area contributed by atoms with Gasteiger partial charge in [0.2, 0.25) is 0 Å². The second kappa shape index (κ2) is 5.52. The Morgan fingerprint density at radius 3 is 2.60 bits per heavy atom. The summed E-state index contributed by atoms with van der Waals surface area (Å²) in [6.07, 6.45) is 3.18. The van der Waals surface area contributed by atoms with Crippen molar-refractivity contribution in [1.82, 2.24) is 5.32 Å². The van der Waals surface area contributed by atoms with Crippen LogP contribution in [-0.4, -0.2) is 16.8 Å². The Morgan fingerprint density at radius 1 is 1.15 bits per heavy atom. The molecule has 2 aromatic rings. The van der Waals surface area contributed by atoms with Crippen molar-refractivity contribution in [3.63, 3.8) is 0 Å². The van der Waals surface area contributed by atoms with Crippen LogP contribution in [0.5, 0.6) is 0 Å². The van der Waals surface area contributed by atoms with Crippen molar-refractivity contribution >= 4 is 32.6 Å². The number of rotatable bonds is 2. The van der Waals surface area contributed by atoms with Gasteiger partial charge in [0.05, 0.1) is 0 Å². The van der Waals surface area contributed by atoms with Crippen LogP contribution >= 0.6 is 15.9 Å². The maximum absolute atomic E-state index is 13.8. The topological polar surface area (TPSA) is 29.1 Å². The van der Waals surface area contributed by atoms with Gasteiger partial charge >= 0.3 is 0 Å². The second-order valence-electron chi connectivity index (χ2n) is 5.17. The fourth-order valence-corrected chi connectivity index (χ4v) is 3.50. The third-order valence-electron chi connectivity index (χ3n) is 3.86. The number of amides is 1. The Kier molecular flexibility index (Phi) is 3.74. The molecule has 1 aliphatic rings. The Labute approximate surface area is 125 Å². The molecule has 0 saturated heterocycles. The van der Waals surface area contributed by atoms with E-state index in [1.165, 1.54) is 6.07 Å². The molecule has 20 heavy (non-hydrogen) atoms. The number of fused-ring (bicyclic) bond motifs is 1. The number of carbonyl (C=O) groups is 1. The molecule has 1 fully saturated rings. The molecule has 1 saturated carbocycles. The molecule has 0 bridgehead atoms. The van der Waals surface area contributed by atoms with E-state index in [-0.39, 0.29) is 17.8 Å². The Morgan fingerprint density at radius 2 is 1.90 bits per heavy atom. The zero-order valence-corrected chi connectivity index (χ0v) is 12.5. The van der Waals surface area contributed by atoms with Gasteiger partial charge in [0.25, 0.3) is 5.91 Å². The largest absolute Gasteiger partial charge is 0.348 e. The van der Waals surface area contributed by atoms with E-state index in [4.69, 9.17) is 0 Å². The van der Waals surface area contributed by atoms with Crippen LogP contribution < -0.4 is 5.32 Å². The maximum Gasteiger partial charge on any atom is 0.252 e. The van der Waals surface area contributed by atoms with E-state index < -0.39 is 0 Å². The molecule has 1 N–H and O–H groups in total. The molecule has 0 radical (unpaired) electrons. The fraction of sp³-hybridized carbons (Fsp3) is 0.312. The summed E-state index contributed by atoms with van der Waals surface area (Å²) < 4.78 is 13.8. The summed E-state index contributed by atoms with van der Waals surface area (Å²) in [5.41, 5.74) is 0.536. The third kappa shape index (κ3) is 2.44. The first kappa shape index (κ1) is 13.6. The third-order valence-corrected chi connectivity index (χ3v) is 4.96. The lowest BCUT2D eigenvalue weighted by atomic mass is 10.0. The van der Waals surface area contributed by atoms with E-state index in [9.17, 15) is 9.18 Å². The van der Waals surface area contributed by atoms with E-state index in [1.54, 1.807) is 24.3 Å². The van der Waals surface area contributed by atoms with Crippen molar-refractivity contribution < 1.29 is 9.18 Å². The number of halogens is 2. The summed E-state index contributed by atoms with van der Waals surface area (Å²) in [7, 11) is 0. The van der Waals surface area contributed by atoms with Crippen LogP contribution in [0.25, 0.3) is 10.8 Å². The van der Waals surface area contributed by atoms with Crippen LogP contribution in [0.1, 0.15) is 29.6 Å². The van der Waals surface area contributed by atoms with E-state index in [1.807, 2.05) is 6.07 Å². The first-order valence-corrected chi connectivity index (χ1v) is 7.70. The number of nitrogens with one attached hydrogen (secondary N) is 1. The first-order chi connectivity index (χ1) is 9.66. The van der Waals surface area contributed by atoms with Gasteiger partial charge in [-0.1, -0.05) is 46.6 Å². The van der Waals surface area contributed by atoms with Gasteiger partial charge in [-0.2, -0.15) is 0 Å². The fourth-order valence-electron chi connectivity index (χ4n) is 2.78. The van der Waals surface area contributed by atoms with Crippen LogP contribution in [0.15, 0.2) is 36.4 Å². The quantitative estimate of drug-likeness (QED) is 0.825. The van der Waals surface area contributed by atoms with Crippen LogP contribution in [0.2, 0.25) is 0 Å². The molecule has 0 aromatic heterocycles. The van der Waals surface area contributed by atoms with E-state index in [0.29, 0.717) is 21.2 Å². The van der Waals surface area contributed by atoms with Crippen LogP contribution in [-0.2, 0) is 0 Å². The molecule has 2 aromatic carbocycles. The molecular formula is C16H15BrFNO. The van der Waals surface area contributed by atoms with Gasteiger partial charge < -0.3 is 5.32 Å². The van der Waals surface area contributed by atoms with Crippen molar-refractivity contribution in [3.05, 3.63) is 47.8 Å². The molecule has 2 unspecified atom stereocenters. The Balaban J connectivity index is 1.94. The van der Waals surface area contributed by atoms with E-state index in [2.05, 4.69) is 21.2 Å². The van der Waals surface area contributed by atoms with Crippen molar-refractivity contribution in [2.75, 3.05) is 0 Å². The predicted molar refractivity (Wildman–Crippen MR) is 81.7 cm³/mol. The van der Waals surface area contributed by atoms with Crippen molar-refractivity contribution in [3.8, 4) is 0 Å². The van der Waals surface area contributed by atoms with E-state index >= 15 is 0 Å². The number of hydrogen-bond acceptors (Lipinski definition) is 1. The highest BCUT2D eigenvalue weighted by Crippen LogP contribution is 2.27. The average molecular weight is 336 g/mol. The molecular weight excluding hydrogens is 321 g/mol. The lowest BCUT2D eigenvalue weighted by Gasteiger charge is -2.17. The minimum Gasteiger partial charge on any atom is -0.348 e. The molecule has 2 atom stereocenters. The minimum atomic E-state index is -0.295. The highest BCUT2D eigenvalue weighted by molar-refractivity contribution is 9.09. The van der Waals surface area contributed by atoms with Gasteiger partial charge in [-0.25, -0.2) is 4.39 Å². The summed E-state index contributed by atoms with van der Waals surface area (Å²) in [4.78, 5) is 12.7. The summed E-state index contributed by atoms with van der Waals surface area (Å²) in [6.45, 7) is 0. The Hall–Kier alpha value is -1.42. The number of hydrogen-bond donors (Lipinski definition) is 1. The summed E-state index contributed by atoms with van der Waals surface area (Å²) >= 11 is 3.59. The molecule has 1 aliphatic carbocycles. The van der Waals surface area contributed by atoms with Crippen LogP contribution in [0.4, 0.5) is 4.39 Å². The Bertz CT molecular complexity index is 658. The zero-order chi connectivity index (χ0) is 14.1. The van der Waals surface area contributed by atoms with Crippen LogP contribution in [0.3, 0.4) is 0 Å². The van der Waals surface area contributed by atoms with Gasteiger partial charge in [0, 0.05) is 21.8 Å². The highest BCUT2D eigenvalue weighted by atomic mass is 79.9. The predicted octanol–water partition coefficient (Wildman–Crippen LogP) is 4.02. The lowest BCUT2D eigenvalue weighted by molar-refractivity contribution is 0.0940. The molecule has 0 heterocycles. The van der Waals surface area contributed by atoms with Gasteiger partial charge in [0.1, 0.15) is 5.82 Å². The molecule has 3 rings (SSSR count). The number of alkyl halides is 1. The SMILES string of the molecule is O=C(NC1CCCC1Br)c1ccc(F)c2ccccc12. The summed E-state index contributed by atoms with van der Waals surface area (Å²) in [5, 5.41) is 4.20. The van der Waals surface area contributed by atoms with Crippen molar-refractivity contribution in [2.24, 2.45) is 0 Å². The molecule has 2 nitrogen and oxygen atoms in total. The number of carbonyl (C=O) groups excluding carboxylic acids is 1. The number of benzene rings is 2. The van der Waals surface area contributed by atoms with Crippen molar-refractivity contribution in [1.29, 1.82) is 0 Å². The highest BCUT2D eigenvalue weighted by Gasteiger charge is 2.27. The second-order valence-corrected chi connectivity index (χ2v) is 6.34. The normalized spacial score (nSPS) is 22.1. The monoisotopic (exact) mass is 335 g/mol. The van der Waals surface area contributed by atoms with Gasteiger partial charge in [-0.05, 0) is 30.4 Å². The summed E-state index contributed by atoms with van der Waals surface area (Å²) in [6, 6.07) is 10.2.